The Morgan fingerprint density at radius 2 is 2.04 bits per heavy atom. The van der Waals surface area contributed by atoms with Gasteiger partial charge in [0.2, 0.25) is 0 Å². The van der Waals surface area contributed by atoms with Gasteiger partial charge in [-0.1, -0.05) is 49.4 Å². The van der Waals surface area contributed by atoms with Gasteiger partial charge in [-0.25, -0.2) is 0 Å². The van der Waals surface area contributed by atoms with Gasteiger partial charge in [-0.3, -0.25) is 4.79 Å². The number of benzene rings is 2. The first kappa shape index (κ1) is 17.8. The fraction of sp³-hybridized carbons (Fsp3) is 0.348. The average molecular weight is 362 g/mol. The van der Waals surface area contributed by atoms with E-state index in [2.05, 4.69) is 23.3 Å². The number of nitrogens with one attached hydrogen (secondary N) is 2. The number of para-hydroxylation sites is 1. The molecular formula is C23H26N2O2. The van der Waals surface area contributed by atoms with Gasteiger partial charge in [0, 0.05) is 24.7 Å². The van der Waals surface area contributed by atoms with Crippen LogP contribution in [0.3, 0.4) is 0 Å². The van der Waals surface area contributed by atoms with Gasteiger partial charge in [0.15, 0.2) is 0 Å². The fourth-order valence-electron chi connectivity index (χ4n) is 4.09. The fourth-order valence-corrected chi connectivity index (χ4v) is 4.09. The van der Waals surface area contributed by atoms with E-state index in [1.165, 1.54) is 23.1 Å². The van der Waals surface area contributed by atoms with E-state index >= 15 is 0 Å². The molecule has 0 saturated carbocycles. The molecule has 3 aromatic rings. The molecule has 1 aliphatic carbocycles. The van der Waals surface area contributed by atoms with Gasteiger partial charge >= 0.3 is 0 Å². The van der Waals surface area contributed by atoms with Crippen molar-refractivity contribution in [3.8, 4) is 0 Å². The van der Waals surface area contributed by atoms with Crippen LogP contribution in [-0.4, -0.2) is 24.5 Å². The maximum absolute atomic E-state index is 12.9. The number of aromatic nitrogens is 1. The highest BCUT2D eigenvalue weighted by Gasteiger charge is 2.22. The van der Waals surface area contributed by atoms with Crippen LogP contribution in [0.4, 0.5) is 0 Å². The van der Waals surface area contributed by atoms with Crippen LogP contribution in [0.25, 0.3) is 10.9 Å². The summed E-state index contributed by atoms with van der Waals surface area (Å²) in [6.07, 6.45) is 3.19. The first-order valence-electron chi connectivity index (χ1n) is 9.65. The SMILES string of the molecule is COC(CNC(=O)c1cccc2c3c([nH]c12)CCC(C)C3)c1ccccc1. The Morgan fingerprint density at radius 1 is 1.22 bits per heavy atom. The van der Waals surface area contributed by atoms with E-state index in [1.807, 2.05) is 42.5 Å². The lowest BCUT2D eigenvalue weighted by Crippen LogP contribution is -2.29. The monoisotopic (exact) mass is 362 g/mol. The molecule has 0 saturated heterocycles. The van der Waals surface area contributed by atoms with Crippen molar-refractivity contribution in [2.45, 2.75) is 32.3 Å². The molecule has 0 radical (unpaired) electrons. The number of carbonyl (C=O) groups is 1. The normalized spacial score (nSPS) is 17.5. The standard InChI is InChI=1S/C23H26N2O2/c1-15-11-12-20-19(13-15)17-9-6-10-18(22(17)25-20)23(26)24-14-21(27-2)16-7-4-3-5-8-16/h3-10,15,21,25H,11-14H2,1-2H3,(H,24,26). The number of amides is 1. The smallest absolute Gasteiger partial charge is 0.253 e. The molecule has 1 heterocycles. The summed E-state index contributed by atoms with van der Waals surface area (Å²) in [7, 11) is 1.67. The molecule has 0 spiro atoms. The lowest BCUT2D eigenvalue weighted by atomic mass is 9.87. The minimum Gasteiger partial charge on any atom is -0.375 e. The molecule has 1 aliphatic rings. The van der Waals surface area contributed by atoms with Crippen LogP contribution in [0, 0.1) is 5.92 Å². The summed E-state index contributed by atoms with van der Waals surface area (Å²) >= 11 is 0. The highest BCUT2D eigenvalue weighted by Crippen LogP contribution is 2.33. The van der Waals surface area contributed by atoms with Gasteiger partial charge in [-0.15, -0.1) is 0 Å². The number of aromatic amines is 1. The van der Waals surface area contributed by atoms with Crippen molar-refractivity contribution < 1.29 is 9.53 Å². The Hall–Kier alpha value is -2.59. The van der Waals surface area contributed by atoms with E-state index in [4.69, 9.17) is 4.74 Å². The van der Waals surface area contributed by atoms with E-state index in [-0.39, 0.29) is 12.0 Å². The van der Waals surface area contributed by atoms with E-state index in [9.17, 15) is 4.79 Å². The number of hydrogen-bond acceptors (Lipinski definition) is 2. The zero-order valence-electron chi connectivity index (χ0n) is 15.9. The maximum atomic E-state index is 12.9. The molecule has 2 N–H and O–H groups in total. The van der Waals surface area contributed by atoms with E-state index in [0.29, 0.717) is 18.0 Å². The summed E-state index contributed by atoms with van der Waals surface area (Å²) in [4.78, 5) is 16.4. The van der Waals surface area contributed by atoms with Crippen LogP contribution >= 0.6 is 0 Å². The molecular weight excluding hydrogens is 336 g/mol. The largest absolute Gasteiger partial charge is 0.375 e. The van der Waals surface area contributed by atoms with Crippen LogP contribution in [0.2, 0.25) is 0 Å². The third-order valence-corrected chi connectivity index (χ3v) is 5.62. The molecule has 0 aliphatic heterocycles. The van der Waals surface area contributed by atoms with Crippen molar-refractivity contribution in [3.63, 3.8) is 0 Å². The number of hydrogen-bond donors (Lipinski definition) is 2. The highest BCUT2D eigenvalue weighted by atomic mass is 16.5. The van der Waals surface area contributed by atoms with Gasteiger partial charge in [0.05, 0.1) is 17.2 Å². The molecule has 1 amide bonds. The van der Waals surface area contributed by atoms with Crippen LogP contribution in [-0.2, 0) is 17.6 Å². The summed E-state index contributed by atoms with van der Waals surface area (Å²) < 4.78 is 5.57. The number of carbonyl (C=O) groups excluding carboxylic acids is 1. The summed E-state index contributed by atoms with van der Waals surface area (Å²) in [5.74, 6) is 0.632. The third-order valence-electron chi connectivity index (χ3n) is 5.62. The maximum Gasteiger partial charge on any atom is 0.253 e. The molecule has 2 unspecified atom stereocenters. The predicted molar refractivity (Wildman–Crippen MR) is 108 cm³/mol. The van der Waals surface area contributed by atoms with Gasteiger partial charge in [-0.2, -0.15) is 0 Å². The molecule has 140 valence electrons. The van der Waals surface area contributed by atoms with Crippen LogP contribution < -0.4 is 5.32 Å². The molecule has 27 heavy (non-hydrogen) atoms. The minimum atomic E-state index is -0.160. The van der Waals surface area contributed by atoms with E-state index in [1.54, 1.807) is 7.11 Å². The van der Waals surface area contributed by atoms with E-state index in [0.717, 1.165) is 23.9 Å². The minimum absolute atomic E-state index is 0.0646. The van der Waals surface area contributed by atoms with Crippen molar-refractivity contribution in [1.82, 2.24) is 10.3 Å². The Bertz CT molecular complexity index is 946. The third kappa shape index (κ3) is 3.50. The Balaban J connectivity index is 1.56. The van der Waals surface area contributed by atoms with Crippen molar-refractivity contribution >= 4 is 16.8 Å². The van der Waals surface area contributed by atoms with Crippen molar-refractivity contribution in [2.75, 3.05) is 13.7 Å². The van der Waals surface area contributed by atoms with E-state index < -0.39 is 0 Å². The first-order chi connectivity index (χ1) is 13.2. The Morgan fingerprint density at radius 3 is 2.81 bits per heavy atom. The number of ether oxygens (including phenoxy) is 1. The number of aryl methyl sites for hydroxylation is 1. The second-order valence-electron chi connectivity index (χ2n) is 7.50. The molecule has 4 rings (SSSR count). The lowest BCUT2D eigenvalue weighted by Gasteiger charge is -2.18. The Labute approximate surface area is 159 Å². The number of methoxy groups -OCH3 is 1. The molecule has 0 fully saturated rings. The number of H-pyrrole nitrogens is 1. The van der Waals surface area contributed by atoms with Crippen molar-refractivity contribution in [1.29, 1.82) is 0 Å². The molecule has 4 heteroatoms. The summed E-state index contributed by atoms with van der Waals surface area (Å²) in [5.41, 5.74) is 5.41. The van der Waals surface area contributed by atoms with Crippen LogP contribution in [0.15, 0.2) is 48.5 Å². The quantitative estimate of drug-likeness (QED) is 0.706. The second-order valence-corrected chi connectivity index (χ2v) is 7.50. The highest BCUT2D eigenvalue weighted by molar-refractivity contribution is 6.06. The topological polar surface area (TPSA) is 54.1 Å². The van der Waals surface area contributed by atoms with Crippen molar-refractivity contribution in [3.05, 3.63) is 70.9 Å². The molecule has 2 aromatic carbocycles. The Kier molecular flexibility index (Phi) is 4.99. The number of rotatable bonds is 5. The summed E-state index contributed by atoms with van der Waals surface area (Å²) in [6, 6.07) is 16.0. The van der Waals surface area contributed by atoms with Crippen molar-refractivity contribution in [2.24, 2.45) is 5.92 Å². The van der Waals surface area contributed by atoms with Gasteiger partial charge in [0.1, 0.15) is 0 Å². The lowest BCUT2D eigenvalue weighted by molar-refractivity contribution is 0.0829. The molecule has 4 nitrogen and oxygen atoms in total. The number of fused-ring (bicyclic) bond motifs is 3. The average Bonchev–Trinajstić information content (AvgIpc) is 3.07. The molecule has 0 bridgehead atoms. The van der Waals surface area contributed by atoms with Crippen LogP contribution in [0.5, 0.6) is 0 Å². The predicted octanol–water partition coefficient (Wildman–Crippen LogP) is 4.41. The first-order valence-corrected chi connectivity index (χ1v) is 9.65. The van der Waals surface area contributed by atoms with Gasteiger partial charge in [0.25, 0.3) is 5.91 Å². The van der Waals surface area contributed by atoms with Gasteiger partial charge in [-0.05, 0) is 42.4 Å². The second kappa shape index (κ2) is 7.57. The summed E-state index contributed by atoms with van der Waals surface area (Å²) in [6.45, 7) is 2.74. The van der Waals surface area contributed by atoms with Crippen LogP contribution in [0.1, 0.15) is 46.6 Å². The zero-order valence-corrected chi connectivity index (χ0v) is 15.9. The zero-order chi connectivity index (χ0) is 18.8. The summed E-state index contributed by atoms with van der Waals surface area (Å²) in [5, 5.41) is 4.24. The van der Waals surface area contributed by atoms with Gasteiger partial charge < -0.3 is 15.0 Å². The molecule has 1 aromatic heterocycles. The molecule has 2 atom stereocenters.